The number of carbonyl (C=O) groups is 3. The van der Waals surface area contributed by atoms with Gasteiger partial charge in [-0.2, -0.15) is 5.10 Å². The van der Waals surface area contributed by atoms with Crippen LogP contribution >= 0.6 is 0 Å². The van der Waals surface area contributed by atoms with Crippen LogP contribution in [0.25, 0.3) is 0 Å². The number of amides is 3. The average Bonchev–Trinajstić information content (AvgIpc) is 3.13. The molecule has 1 atom stereocenters. The van der Waals surface area contributed by atoms with Crippen LogP contribution in [0.3, 0.4) is 0 Å². The number of hydrogen-bond donors (Lipinski definition) is 2. The van der Waals surface area contributed by atoms with Gasteiger partial charge in [-0.05, 0) is 51.0 Å². The number of nitrogens with one attached hydrogen (secondary N) is 1. The van der Waals surface area contributed by atoms with Crippen LogP contribution in [0.2, 0.25) is 0 Å². The minimum Gasteiger partial charge on any atom is -0.368 e. The predicted molar refractivity (Wildman–Crippen MR) is 106 cm³/mol. The molecule has 0 aromatic heterocycles. The van der Waals surface area contributed by atoms with Gasteiger partial charge in [0.2, 0.25) is 11.8 Å². The van der Waals surface area contributed by atoms with Gasteiger partial charge in [-0.15, -0.1) is 0 Å². The van der Waals surface area contributed by atoms with Crippen molar-refractivity contribution in [2.75, 3.05) is 18.1 Å². The number of likely N-dealkylation sites (tertiary alicyclic amines) is 1. The summed E-state index contributed by atoms with van der Waals surface area (Å²) in [6.07, 6.45) is 1.26. The molecule has 156 valence electrons. The number of anilines is 1. The first-order valence-electron chi connectivity index (χ1n) is 9.77. The second kappa shape index (κ2) is 8.59. The third kappa shape index (κ3) is 4.72. The van der Waals surface area contributed by atoms with Gasteiger partial charge in [0.05, 0.1) is 5.69 Å². The van der Waals surface area contributed by atoms with E-state index in [9.17, 15) is 18.8 Å². The van der Waals surface area contributed by atoms with Crippen LogP contribution in [0.1, 0.15) is 33.1 Å². The maximum absolute atomic E-state index is 13.2. The molecule has 0 aliphatic carbocycles. The van der Waals surface area contributed by atoms with Crippen LogP contribution in [0.15, 0.2) is 29.4 Å². The molecular formula is C20H26FN5O3. The van der Waals surface area contributed by atoms with Gasteiger partial charge in [0.25, 0.3) is 5.91 Å². The number of halogens is 1. The highest BCUT2D eigenvalue weighted by molar-refractivity contribution is 6.40. The molecule has 9 heteroatoms. The van der Waals surface area contributed by atoms with Gasteiger partial charge in [0.15, 0.2) is 0 Å². The third-order valence-electron chi connectivity index (χ3n) is 5.16. The standard InChI is InChI=1S/C20H26FN5O3/c1-12(2)23-19(28)13-7-9-25(10-8-13)20(29)16-11-17(18(22)27)26(24-16)15-5-3-14(21)4-6-15/h3-6,12-13,17H,7-11H2,1-2H3,(H2,22,27)(H,23,28). The molecule has 2 aliphatic rings. The molecule has 0 saturated carbocycles. The maximum atomic E-state index is 13.2. The van der Waals surface area contributed by atoms with Crippen molar-refractivity contribution in [1.29, 1.82) is 0 Å². The summed E-state index contributed by atoms with van der Waals surface area (Å²) in [7, 11) is 0. The van der Waals surface area contributed by atoms with Gasteiger partial charge >= 0.3 is 0 Å². The lowest BCUT2D eigenvalue weighted by molar-refractivity contribution is -0.131. The fourth-order valence-corrected chi connectivity index (χ4v) is 3.62. The van der Waals surface area contributed by atoms with Crippen molar-refractivity contribution in [1.82, 2.24) is 10.2 Å². The SMILES string of the molecule is CC(C)NC(=O)C1CCN(C(=O)C2=NN(c3ccc(F)cc3)C(C(N)=O)C2)CC1. The molecule has 3 amide bonds. The van der Waals surface area contributed by atoms with Crippen molar-refractivity contribution in [3.05, 3.63) is 30.1 Å². The Bertz CT molecular complexity index is 816. The zero-order chi connectivity index (χ0) is 21.1. The van der Waals surface area contributed by atoms with Crippen LogP contribution in [0.4, 0.5) is 10.1 Å². The molecule has 3 N–H and O–H groups in total. The zero-order valence-electron chi connectivity index (χ0n) is 16.6. The largest absolute Gasteiger partial charge is 0.368 e. The predicted octanol–water partition coefficient (Wildman–Crippen LogP) is 1.01. The Morgan fingerprint density at radius 3 is 2.34 bits per heavy atom. The van der Waals surface area contributed by atoms with Crippen molar-refractivity contribution in [3.63, 3.8) is 0 Å². The van der Waals surface area contributed by atoms with E-state index >= 15 is 0 Å². The molecule has 8 nitrogen and oxygen atoms in total. The minimum atomic E-state index is -0.797. The van der Waals surface area contributed by atoms with E-state index < -0.39 is 17.8 Å². The first-order valence-corrected chi connectivity index (χ1v) is 9.77. The summed E-state index contributed by atoms with van der Waals surface area (Å²) in [5, 5.41) is 8.60. The lowest BCUT2D eigenvalue weighted by atomic mass is 9.95. The van der Waals surface area contributed by atoms with E-state index in [1.54, 1.807) is 4.90 Å². The number of benzene rings is 1. The van der Waals surface area contributed by atoms with E-state index in [1.807, 2.05) is 13.8 Å². The smallest absolute Gasteiger partial charge is 0.270 e. The number of hydrazone groups is 1. The van der Waals surface area contributed by atoms with Crippen molar-refractivity contribution in [3.8, 4) is 0 Å². The quantitative estimate of drug-likeness (QED) is 0.765. The van der Waals surface area contributed by atoms with Crippen molar-refractivity contribution in [2.45, 2.75) is 45.2 Å². The summed E-state index contributed by atoms with van der Waals surface area (Å²) >= 11 is 0. The Balaban J connectivity index is 1.68. The highest BCUT2D eigenvalue weighted by Crippen LogP contribution is 2.26. The number of nitrogens with zero attached hydrogens (tertiary/aromatic N) is 3. The molecule has 0 radical (unpaired) electrons. The molecule has 0 spiro atoms. The van der Waals surface area contributed by atoms with Gasteiger partial charge in [-0.3, -0.25) is 19.4 Å². The summed E-state index contributed by atoms with van der Waals surface area (Å²) in [4.78, 5) is 38.6. The maximum Gasteiger partial charge on any atom is 0.270 e. The van der Waals surface area contributed by atoms with Crippen LogP contribution in [-0.2, 0) is 14.4 Å². The van der Waals surface area contributed by atoms with Crippen molar-refractivity contribution < 1.29 is 18.8 Å². The Kier molecular flexibility index (Phi) is 6.14. The number of carbonyl (C=O) groups excluding carboxylic acids is 3. The van der Waals surface area contributed by atoms with E-state index in [1.165, 1.54) is 29.3 Å². The minimum absolute atomic E-state index is 0.0154. The monoisotopic (exact) mass is 403 g/mol. The summed E-state index contributed by atoms with van der Waals surface area (Å²) < 4.78 is 13.2. The van der Waals surface area contributed by atoms with Gasteiger partial charge in [-0.1, -0.05) is 0 Å². The lowest BCUT2D eigenvalue weighted by Gasteiger charge is -2.31. The molecule has 0 bridgehead atoms. The summed E-state index contributed by atoms with van der Waals surface area (Å²) in [5.41, 5.74) is 6.22. The fraction of sp³-hybridized carbons (Fsp3) is 0.500. The van der Waals surface area contributed by atoms with Crippen molar-refractivity contribution in [2.24, 2.45) is 16.8 Å². The molecule has 1 aromatic rings. The molecule has 2 heterocycles. The van der Waals surface area contributed by atoms with E-state index in [0.29, 0.717) is 31.6 Å². The van der Waals surface area contributed by atoms with Gasteiger partial charge in [-0.25, -0.2) is 4.39 Å². The number of rotatable bonds is 5. The first kappa shape index (κ1) is 20.8. The molecule has 29 heavy (non-hydrogen) atoms. The summed E-state index contributed by atoms with van der Waals surface area (Å²) in [6, 6.07) is 4.78. The normalized spacial score (nSPS) is 20.0. The molecule has 1 unspecified atom stereocenters. The second-order valence-electron chi connectivity index (χ2n) is 7.72. The zero-order valence-corrected chi connectivity index (χ0v) is 16.6. The molecule has 1 fully saturated rings. The Hall–Kier alpha value is -2.97. The first-order chi connectivity index (χ1) is 13.8. The Morgan fingerprint density at radius 2 is 1.79 bits per heavy atom. The van der Waals surface area contributed by atoms with Gasteiger partial charge in [0.1, 0.15) is 17.6 Å². The van der Waals surface area contributed by atoms with E-state index in [0.717, 1.165) is 0 Å². The van der Waals surface area contributed by atoms with Crippen LogP contribution in [0, 0.1) is 11.7 Å². The van der Waals surface area contributed by atoms with E-state index in [4.69, 9.17) is 5.73 Å². The Morgan fingerprint density at radius 1 is 1.17 bits per heavy atom. The van der Waals surface area contributed by atoms with Crippen LogP contribution < -0.4 is 16.1 Å². The van der Waals surface area contributed by atoms with Crippen molar-refractivity contribution >= 4 is 29.1 Å². The second-order valence-corrected chi connectivity index (χ2v) is 7.72. The summed E-state index contributed by atoms with van der Waals surface area (Å²) in [5.74, 6) is -1.37. The molecule has 1 saturated heterocycles. The molecular weight excluding hydrogens is 377 g/mol. The van der Waals surface area contributed by atoms with Crippen LogP contribution in [-0.4, -0.2) is 53.5 Å². The third-order valence-corrected chi connectivity index (χ3v) is 5.16. The Labute approximate surface area is 168 Å². The van der Waals surface area contributed by atoms with E-state index in [2.05, 4.69) is 10.4 Å². The van der Waals surface area contributed by atoms with Crippen LogP contribution in [0.5, 0.6) is 0 Å². The van der Waals surface area contributed by atoms with E-state index in [-0.39, 0.29) is 35.9 Å². The molecule has 3 rings (SSSR count). The van der Waals surface area contributed by atoms with Gasteiger partial charge < -0.3 is 16.0 Å². The number of primary amides is 1. The fourth-order valence-electron chi connectivity index (χ4n) is 3.62. The average molecular weight is 403 g/mol. The summed E-state index contributed by atoms with van der Waals surface area (Å²) in [6.45, 7) is 4.73. The molecule has 2 aliphatic heterocycles. The lowest BCUT2D eigenvalue weighted by Crippen LogP contribution is -2.46. The molecule has 1 aromatic carbocycles. The highest BCUT2D eigenvalue weighted by atomic mass is 19.1. The topological polar surface area (TPSA) is 108 Å². The number of nitrogens with two attached hydrogens (primary N) is 1. The highest BCUT2D eigenvalue weighted by Gasteiger charge is 2.37. The number of hydrogen-bond acceptors (Lipinski definition) is 5. The van der Waals surface area contributed by atoms with Gasteiger partial charge in [0, 0.05) is 31.5 Å². The number of piperidine rings is 1.